The predicted octanol–water partition coefficient (Wildman–Crippen LogP) is 4.50. The zero-order valence-corrected chi connectivity index (χ0v) is 15.3. The van der Waals surface area contributed by atoms with E-state index in [0.717, 1.165) is 18.4 Å². The summed E-state index contributed by atoms with van der Waals surface area (Å²) in [5.74, 6) is -0.864. The standard InChI is InChI=1S/C20H26ClNO3/c21-18-8-4-1-5-16(18)13-22(17-6-2-3-7-17)19(23)14-9-11-15(12-10-14)20(24)25/h1,4-5,8,14-15,17H,2-3,6-7,9-13H2,(H,24,25). The van der Waals surface area contributed by atoms with Crippen molar-refractivity contribution in [3.8, 4) is 0 Å². The number of benzene rings is 1. The van der Waals surface area contributed by atoms with Gasteiger partial charge in [-0.05, 0) is 50.2 Å². The normalized spacial score (nSPS) is 24.2. The van der Waals surface area contributed by atoms with Crippen LogP contribution in [0.25, 0.3) is 0 Å². The van der Waals surface area contributed by atoms with Gasteiger partial charge in [0, 0.05) is 23.5 Å². The second kappa shape index (κ2) is 8.22. The van der Waals surface area contributed by atoms with Crippen LogP contribution in [0.3, 0.4) is 0 Å². The number of halogens is 1. The van der Waals surface area contributed by atoms with E-state index in [2.05, 4.69) is 0 Å². The molecule has 2 aliphatic rings. The van der Waals surface area contributed by atoms with E-state index in [1.54, 1.807) is 0 Å². The van der Waals surface area contributed by atoms with E-state index >= 15 is 0 Å². The monoisotopic (exact) mass is 363 g/mol. The van der Waals surface area contributed by atoms with E-state index in [-0.39, 0.29) is 17.7 Å². The number of nitrogens with zero attached hydrogens (tertiary/aromatic N) is 1. The number of hydrogen-bond acceptors (Lipinski definition) is 2. The molecule has 136 valence electrons. The minimum absolute atomic E-state index is 0.0429. The van der Waals surface area contributed by atoms with E-state index < -0.39 is 5.97 Å². The Bertz CT molecular complexity index is 619. The first-order chi connectivity index (χ1) is 12.1. The molecule has 0 heterocycles. The minimum atomic E-state index is -0.727. The van der Waals surface area contributed by atoms with Gasteiger partial charge in [0.25, 0.3) is 0 Å². The summed E-state index contributed by atoms with van der Waals surface area (Å²) in [6.07, 6.45) is 7.03. The van der Waals surface area contributed by atoms with Crippen LogP contribution >= 0.6 is 11.6 Å². The lowest BCUT2D eigenvalue weighted by molar-refractivity contribution is -0.146. The summed E-state index contributed by atoms with van der Waals surface area (Å²) in [5, 5.41) is 9.86. The molecule has 1 amide bonds. The van der Waals surface area contributed by atoms with Gasteiger partial charge in [0.15, 0.2) is 0 Å². The van der Waals surface area contributed by atoms with Crippen molar-refractivity contribution < 1.29 is 14.7 Å². The van der Waals surface area contributed by atoms with Crippen molar-refractivity contribution in [3.63, 3.8) is 0 Å². The highest BCUT2D eigenvalue weighted by Crippen LogP contribution is 2.34. The molecule has 2 saturated carbocycles. The number of carboxylic acid groups (broad SMARTS) is 1. The maximum Gasteiger partial charge on any atom is 0.306 e. The van der Waals surface area contributed by atoms with Crippen LogP contribution in [0.1, 0.15) is 56.9 Å². The molecular weight excluding hydrogens is 338 g/mol. The Labute approximate surface area is 154 Å². The average Bonchev–Trinajstić information content (AvgIpc) is 3.15. The molecule has 0 atom stereocenters. The highest BCUT2D eigenvalue weighted by atomic mass is 35.5. The van der Waals surface area contributed by atoms with Gasteiger partial charge >= 0.3 is 5.97 Å². The quantitative estimate of drug-likeness (QED) is 0.837. The highest BCUT2D eigenvalue weighted by Gasteiger charge is 2.35. The molecule has 0 aliphatic heterocycles. The lowest BCUT2D eigenvalue weighted by atomic mass is 9.81. The summed E-state index contributed by atoms with van der Waals surface area (Å²) in [7, 11) is 0. The average molecular weight is 364 g/mol. The zero-order valence-electron chi connectivity index (χ0n) is 14.5. The van der Waals surface area contributed by atoms with Gasteiger partial charge < -0.3 is 10.0 Å². The number of amides is 1. The minimum Gasteiger partial charge on any atom is -0.481 e. The van der Waals surface area contributed by atoms with Gasteiger partial charge in [0.1, 0.15) is 0 Å². The molecule has 0 saturated heterocycles. The third-order valence-electron chi connectivity index (χ3n) is 5.77. The molecule has 1 N–H and O–H groups in total. The molecule has 0 bridgehead atoms. The van der Waals surface area contributed by atoms with Crippen LogP contribution in [0.2, 0.25) is 5.02 Å². The van der Waals surface area contributed by atoms with Crippen LogP contribution in [-0.4, -0.2) is 27.9 Å². The fourth-order valence-electron chi connectivity index (χ4n) is 4.23. The van der Waals surface area contributed by atoms with Crippen LogP contribution in [0.4, 0.5) is 0 Å². The SMILES string of the molecule is O=C(O)C1CCC(C(=O)N(Cc2ccccc2Cl)C2CCCC2)CC1. The Balaban J connectivity index is 1.72. The summed E-state index contributed by atoms with van der Waals surface area (Å²) >= 11 is 6.32. The van der Waals surface area contributed by atoms with E-state index in [4.69, 9.17) is 16.7 Å². The summed E-state index contributed by atoms with van der Waals surface area (Å²) in [6, 6.07) is 8.00. The van der Waals surface area contributed by atoms with Gasteiger partial charge in [0.2, 0.25) is 5.91 Å². The van der Waals surface area contributed by atoms with Crippen molar-refractivity contribution in [2.45, 2.75) is 64.0 Å². The van der Waals surface area contributed by atoms with Gasteiger partial charge in [0.05, 0.1) is 5.92 Å². The molecule has 1 aromatic rings. The first-order valence-corrected chi connectivity index (χ1v) is 9.70. The summed E-state index contributed by atoms with van der Waals surface area (Å²) < 4.78 is 0. The maximum atomic E-state index is 13.2. The van der Waals surface area contributed by atoms with Gasteiger partial charge in [-0.25, -0.2) is 0 Å². The molecule has 25 heavy (non-hydrogen) atoms. The van der Waals surface area contributed by atoms with Crippen molar-refractivity contribution in [1.29, 1.82) is 0 Å². The molecule has 0 spiro atoms. The number of hydrogen-bond donors (Lipinski definition) is 1. The van der Waals surface area contributed by atoms with E-state index in [1.807, 2.05) is 29.2 Å². The topological polar surface area (TPSA) is 57.6 Å². The molecule has 1 aromatic carbocycles. The van der Waals surface area contributed by atoms with Gasteiger partial charge in [-0.1, -0.05) is 42.6 Å². The Morgan fingerprint density at radius 3 is 2.20 bits per heavy atom. The maximum absolute atomic E-state index is 13.2. The number of rotatable bonds is 5. The molecular formula is C20H26ClNO3. The smallest absolute Gasteiger partial charge is 0.306 e. The second-order valence-electron chi connectivity index (χ2n) is 7.38. The van der Waals surface area contributed by atoms with Crippen molar-refractivity contribution >= 4 is 23.5 Å². The van der Waals surface area contributed by atoms with Gasteiger partial charge in [-0.3, -0.25) is 9.59 Å². The van der Waals surface area contributed by atoms with Crippen LogP contribution in [0.15, 0.2) is 24.3 Å². The lowest BCUT2D eigenvalue weighted by Crippen LogP contribution is -2.43. The third-order valence-corrected chi connectivity index (χ3v) is 6.14. The number of carbonyl (C=O) groups is 2. The Morgan fingerprint density at radius 2 is 1.60 bits per heavy atom. The zero-order chi connectivity index (χ0) is 17.8. The molecule has 2 aliphatic carbocycles. The van der Waals surface area contributed by atoms with Crippen LogP contribution in [-0.2, 0) is 16.1 Å². The Hall–Kier alpha value is -1.55. The number of carbonyl (C=O) groups excluding carboxylic acids is 1. The van der Waals surface area contributed by atoms with E-state index in [9.17, 15) is 9.59 Å². The molecule has 0 radical (unpaired) electrons. The number of carboxylic acids is 1. The van der Waals surface area contributed by atoms with Crippen molar-refractivity contribution in [3.05, 3.63) is 34.9 Å². The molecule has 0 aromatic heterocycles. The van der Waals surface area contributed by atoms with E-state index in [0.29, 0.717) is 43.3 Å². The summed E-state index contributed by atoms with van der Waals surface area (Å²) in [6.45, 7) is 0.558. The Kier molecular flexibility index (Phi) is 6.00. The Morgan fingerprint density at radius 1 is 1.00 bits per heavy atom. The van der Waals surface area contributed by atoms with Crippen molar-refractivity contribution in [1.82, 2.24) is 4.90 Å². The second-order valence-corrected chi connectivity index (χ2v) is 7.79. The highest BCUT2D eigenvalue weighted by molar-refractivity contribution is 6.31. The first-order valence-electron chi connectivity index (χ1n) is 9.33. The van der Waals surface area contributed by atoms with Crippen LogP contribution < -0.4 is 0 Å². The van der Waals surface area contributed by atoms with Gasteiger partial charge in [-0.2, -0.15) is 0 Å². The first kappa shape index (κ1) is 18.2. The largest absolute Gasteiger partial charge is 0.481 e. The summed E-state index contributed by atoms with van der Waals surface area (Å²) in [4.78, 5) is 26.4. The fourth-order valence-corrected chi connectivity index (χ4v) is 4.43. The number of aliphatic carboxylic acids is 1. The molecule has 4 nitrogen and oxygen atoms in total. The van der Waals surface area contributed by atoms with Crippen molar-refractivity contribution in [2.75, 3.05) is 0 Å². The lowest BCUT2D eigenvalue weighted by Gasteiger charge is -2.35. The van der Waals surface area contributed by atoms with Gasteiger partial charge in [-0.15, -0.1) is 0 Å². The third kappa shape index (κ3) is 4.35. The molecule has 0 unspecified atom stereocenters. The summed E-state index contributed by atoms with van der Waals surface area (Å²) in [5.41, 5.74) is 0.989. The van der Waals surface area contributed by atoms with Crippen LogP contribution in [0.5, 0.6) is 0 Å². The molecule has 3 rings (SSSR count). The molecule has 2 fully saturated rings. The fraction of sp³-hybridized carbons (Fsp3) is 0.600. The van der Waals surface area contributed by atoms with Crippen molar-refractivity contribution in [2.24, 2.45) is 11.8 Å². The van der Waals surface area contributed by atoms with Crippen LogP contribution in [0, 0.1) is 11.8 Å². The van der Waals surface area contributed by atoms with E-state index in [1.165, 1.54) is 12.8 Å². The predicted molar refractivity (Wildman–Crippen MR) is 97.3 cm³/mol. The molecule has 5 heteroatoms.